The predicted molar refractivity (Wildman–Crippen MR) is 111 cm³/mol. The Morgan fingerprint density at radius 2 is 2.07 bits per heavy atom. The van der Waals surface area contributed by atoms with Gasteiger partial charge in [0.05, 0.1) is 24.7 Å². The van der Waals surface area contributed by atoms with Gasteiger partial charge in [0.2, 0.25) is 0 Å². The highest BCUT2D eigenvalue weighted by molar-refractivity contribution is 5.91. The molecule has 8 heteroatoms. The Bertz CT molecular complexity index is 1040. The summed E-state index contributed by atoms with van der Waals surface area (Å²) < 4.78 is 13.5. The smallest absolute Gasteiger partial charge is 0.167 e. The molecule has 4 heterocycles. The van der Waals surface area contributed by atoms with Crippen molar-refractivity contribution in [3.05, 3.63) is 29.6 Å². The summed E-state index contributed by atoms with van der Waals surface area (Å²) in [5.74, 6) is 3.93. The molecule has 8 nitrogen and oxygen atoms in total. The van der Waals surface area contributed by atoms with Crippen molar-refractivity contribution >= 4 is 16.7 Å². The monoisotopic (exact) mass is 394 g/mol. The van der Waals surface area contributed by atoms with Crippen LogP contribution in [-0.4, -0.2) is 53.7 Å². The summed E-state index contributed by atoms with van der Waals surface area (Å²) in [5, 5.41) is 16.5. The van der Waals surface area contributed by atoms with Crippen LogP contribution >= 0.6 is 0 Å². The van der Waals surface area contributed by atoms with Crippen molar-refractivity contribution in [2.24, 2.45) is 0 Å². The van der Waals surface area contributed by atoms with Crippen molar-refractivity contribution in [1.82, 2.24) is 25.1 Å². The minimum absolute atomic E-state index is 0.462. The zero-order valence-electron chi connectivity index (χ0n) is 16.9. The fraction of sp³-hybridized carbons (Fsp3) is 0.476. The van der Waals surface area contributed by atoms with Crippen LogP contribution in [0.2, 0.25) is 0 Å². The van der Waals surface area contributed by atoms with Gasteiger partial charge >= 0.3 is 0 Å². The van der Waals surface area contributed by atoms with Crippen molar-refractivity contribution < 1.29 is 9.47 Å². The van der Waals surface area contributed by atoms with Crippen LogP contribution in [0.25, 0.3) is 22.3 Å². The van der Waals surface area contributed by atoms with Crippen LogP contribution < -0.4 is 15.4 Å². The van der Waals surface area contributed by atoms with E-state index in [1.165, 1.54) is 5.56 Å². The summed E-state index contributed by atoms with van der Waals surface area (Å²) in [6.45, 7) is 4.09. The van der Waals surface area contributed by atoms with Gasteiger partial charge in [-0.3, -0.25) is 0 Å². The standard InChI is InChI=1S/C21H26N6O2/c1-22-19-11-14(13-3-7-29-8-4-13)15-10-18(28-2)16(9-17(15)24-19)21-26-25-20-12-23-5-6-27(20)21/h9-11,13,23H,3-8,12H2,1-2H3,(H,22,24). The van der Waals surface area contributed by atoms with Crippen molar-refractivity contribution in [3.8, 4) is 17.1 Å². The Hall–Kier alpha value is -2.71. The van der Waals surface area contributed by atoms with Crippen LogP contribution in [-0.2, 0) is 17.8 Å². The van der Waals surface area contributed by atoms with Gasteiger partial charge in [0.15, 0.2) is 5.82 Å². The Morgan fingerprint density at radius 1 is 1.21 bits per heavy atom. The highest BCUT2D eigenvalue weighted by atomic mass is 16.5. The minimum Gasteiger partial charge on any atom is -0.496 e. The van der Waals surface area contributed by atoms with Gasteiger partial charge in [-0.05, 0) is 42.5 Å². The fourth-order valence-electron chi connectivity index (χ4n) is 4.39. The van der Waals surface area contributed by atoms with Gasteiger partial charge < -0.3 is 24.7 Å². The fourth-order valence-corrected chi connectivity index (χ4v) is 4.39. The number of aromatic nitrogens is 4. The second-order valence-electron chi connectivity index (χ2n) is 7.57. The first kappa shape index (κ1) is 18.3. The quantitative estimate of drug-likeness (QED) is 0.703. The zero-order valence-corrected chi connectivity index (χ0v) is 16.9. The molecule has 0 radical (unpaired) electrons. The molecule has 152 valence electrons. The number of nitrogens with zero attached hydrogens (tertiary/aromatic N) is 4. The first-order chi connectivity index (χ1) is 14.3. The summed E-state index contributed by atoms with van der Waals surface area (Å²) in [4.78, 5) is 4.84. The molecule has 0 bridgehead atoms. The highest BCUT2D eigenvalue weighted by Gasteiger charge is 2.24. The number of benzene rings is 1. The van der Waals surface area contributed by atoms with E-state index in [0.717, 1.165) is 85.4 Å². The molecule has 1 fully saturated rings. The van der Waals surface area contributed by atoms with E-state index in [9.17, 15) is 0 Å². The Kier molecular flexibility index (Phi) is 4.81. The Morgan fingerprint density at radius 3 is 2.86 bits per heavy atom. The Labute approximate surface area is 169 Å². The lowest BCUT2D eigenvalue weighted by Gasteiger charge is -2.24. The van der Waals surface area contributed by atoms with Crippen molar-refractivity contribution in [2.75, 3.05) is 39.2 Å². The molecule has 5 rings (SSSR count). The topological polar surface area (TPSA) is 86.1 Å². The van der Waals surface area contributed by atoms with Crippen molar-refractivity contribution in [2.45, 2.75) is 31.8 Å². The maximum Gasteiger partial charge on any atom is 0.167 e. The third kappa shape index (κ3) is 3.22. The normalized spacial score (nSPS) is 17.3. The molecule has 3 aromatic rings. The molecule has 0 atom stereocenters. The average molecular weight is 394 g/mol. The van der Waals surface area contributed by atoms with E-state index in [4.69, 9.17) is 14.5 Å². The van der Waals surface area contributed by atoms with Crippen LogP contribution in [0.3, 0.4) is 0 Å². The molecule has 29 heavy (non-hydrogen) atoms. The number of anilines is 1. The molecule has 1 aromatic carbocycles. The van der Waals surface area contributed by atoms with Crippen molar-refractivity contribution in [3.63, 3.8) is 0 Å². The molecule has 0 spiro atoms. The van der Waals surface area contributed by atoms with Gasteiger partial charge in [0.25, 0.3) is 0 Å². The third-order valence-electron chi connectivity index (χ3n) is 5.94. The maximum atomic E-state index is 5.80. The van der Waals surface area contributed by atoms with E-state index >= 15 is 0 Å². The number of hydrogen-bond donors (Lipinski definition) is 2. The summed E-state index contributed by atoms with van der Waals surface area (Å²) in [7, 11) is 3.62. The third-order valence-corrected chi connectivity index (χ3v) is 5.94. The Balaban J connectivity index is 1.69. The second kappa shape index (κ2) is 7.61. The van der Waals surface area contributed by atoms with Crippen LogP contribution in [0.5, 0.6) is 5.75 Å². The number of fused-ring (bicyclic) bond motifs is 2. The van der Waals surface area contributed by atoms with Crippen LogP contribution in [0.4, 0.5) is 5.82 Å². The van der Waals surface area contributed by atoms with E-state index in [2.05, 4.69) is 43.6 Å². The van der Waals surface area contributed by atoms with E-state index in [0.29, 0.717) is 5.92 Å². The summed E-state index contributed by atoms with van der Waals surface area (Å²) in [6.07, 6.45) is 2.05. The molecule has 1 saturated heterocycles. The molecule has 0 unspecified atom stereocenters. The van der Waals surface area contributed by atoms with Gasteiger partial charge in [-0.15, -0.1) is 10.2 Å². The van der Waals surface area contributed by atoms with Crippen LogP contribution in [0.1, 0.15) is 30.1 Å². The van der Waals surface area contributed by atoms with Crippen LogP contribution in [0, 0.1) is 0 Å². The minimum atomic E-state index is 0.462. The predicted octanol–water partition coefficient (Wildman–Crippen LogP) is 2.54. The van der Waals surface area contributed by atoms with Crippen molar-refractivity contribution in [1.29, 1.82) is 0 Å². The molecular formula is C21H26N6O2. The van der Waals surface area contributed by atoms with E-state index < -0.39 is 0 Å². The maximum absolute atomic E-state index is 5.80. The summed E-state index contributed by atoms with van der Waals surface area (Å²) in [5.41, 5.74) is 3.18. The van der Waals surface area contributed by atoms with E-state index in [1.54, 1.807) is 7.11 Å². The molecule has 0 aliphatic carbocycles. The molecule has 2 aliphatic heterocycles. The number of hydrogen-bond acceptors (Lipinski definition) is 7. The molecular weight excluding hydrogens is 368 g/mol. The number of ether oxygens (including phenoxy) is 2. The first-order valence-corrected chi connectivity index (χ1v) is 10.2. The molecule has 0 amide bonds. The lowest BCUT2D eigenvalue weighted by molar-refractivity contribution is 0.0856. The summed E-state index contributed by atoms with van der Waals surface area (Å²) in [6, 6.07) is 6.38. The number of pyridine rings is 1. The number of rotatable bonds is 4. The van der Waals surface area contributed by atoms with Gasteiger partial charge in [0, 0.05) is 38.7 Å². The molecule has 2 N–H and O–H groups in total. The molecule has 2 aromatic heterocycles. The summed E-state index contributed by atoms with van der Waals surface area (Å²) >= 11 is 0. The SMILES string of the molecule is CNc1cc(C2CCOCC2)c2cc(OC)c(-c3nnc4n3CCNC4)cc2n1. The zero-order chi connectivity index (χ0) is 19.8. The lowest BCUT2D eigenvalue weighted by Crippen LogP contribution is -2.28. The molecule has 2 aliphatic rings. The second-order valence-corrected chi connectivity index (χ2v) is 7.57. The van der Waals surface area contributed by atoms with E-state index in [-0.39, 0.29) is 0 Å². The lowest BCUT2D eigenvalue weighted by atomic mass is 9.88. The van der Waals surface area contributed by atoms with Crippen LogP contribution in [0.15, 0.2) is 18.2 Å². The number of nitrogens with one attached hydrogen (secondary N) is 2. The largest absolute Gasteiger partial charge is 0.496 e. The average Bonchev–Trinajstić information content (AvgIpc) is 3.22. The molecule has 0 saturated carbocycles. The van der Waals surface area contributed by atoms with E-state index in [1.807, 2.05) is 7.05 Å². The van der Waals surface area contributed by atoms with Gasteiger partial charge in [-0.2, -0.15) is 0 Å². The van der Waals surface area contributed by atoms with Gasteiger partial charge in [-0.25, -0.2) is 4.98 Å². The van der Waals surface area contributed by atoms with Gasteiger partial charge in [0.1, 0.15) is 17.4 Å². The van der Waals surface area contributed by atoms with Gasteiger partial charge in [-0.1, -0.05) is 0 Å². The first-order valence-electron chi connectivity index (χ1n) is 10.2. The highest BCUT2D eigenvalue weighted by Crippen LogP contribution is 2.39. The number of methoxy groups -OCH3 is 1.